The summed E-state index contributed by atoms with van der Waals surface area (Å²) in [6, 6.07) is 3.72. The van der Waals surface area contributed by atoms with Gasteiger partial charge in [-0.2, -0.15) is 5.26 Å². The molecule has 12 heavy (non-hydrogen) atoms. The molecule has 0 aliphatic carbocycles. The first kappa shape index (κ1) is 8.18. The number of aromatic nitrogens is 1. The summed E-state index contributed by atoms with van der Waals surface area (Å²) in [6.07, 6.45) is 1.77. The second-order valence-electron chi connectivity index (χ2n) is 2.35. The number of hydrogen-bond acceptors (Lipinski definition) is 2. The van der Waals surface area contributed by atoms with Gasteiger partial charge in [0.2, 0.25) is 0 Å². The molecule has 1 heterocycles. The highest BCUT2D eigenvalue weighted by molar-refractivity contribution is 5.28. The summed E-state index contributed by atoms with van der Waals surface area (Å²) in [5.74, 6) is 0. The number of azide groups is 1. The van der Waals surface area contributed by atoms with Crippen LogP contribution in [0.4, 0.5) is 0 Å². The minimum atomic E-state index is 0.298. The maximum absolute atomic E-state index is 8.58. The third-order valence-electron chi connectivity index (χ3n) is 1.49. The van der Waals surface area contributed by atoms with Crippen molar-refractivity contribution in [1.29, 1.82) is 5.26 Å². The number of nitriles is 1. The van der Waals surface area contributed by atoms with Gasteiger partial charge in [0, 0.05) is 18.2 Å². The van der Waals surface area contributed by atoms with E-state index in [1.807, 2.05) is 6.07 Å². The zero-order chi connectivity index (χ0) is 8.97. The molecule has 1 aromatic rings. The minimum absolute atomic E-state index is 0.298. The van der Waals surface area contributed by atoms with Crippen molar-refractivity contribution in [1.82, 2.24) is 4.57 Å². The van der Waals surface area contributed by atoms with Crippen LogP contribution in [0.15, 0.2) is 17.4 Å². The van der Waals surface area contributed by atoms with Crippen LogP contribution in [0.1, 0.15) is 11.3 Å². The SMILES string of the molecule is Cn1cc(CN=[N+]=[N-])cc1C#N. The van der Waals surface area contributed by atoms with Crippen LogP contribution in [0.3, 0.4) is 0 Å². The standard InChI is InChI=1S/C7H7N5/c1-12-5-6(4-10-11-9)2-7(12)3-8/h2,5H,4H2,1H3. The minimum Gasteiger partial charge on any atom is -0.342 e. The molecule has 0 unspecified atom stereocenters. The first-order chi connectivity index (χ1) is 5.77. The van der Waals surface area contributed by atoms with Crippen molar-refractivity contribution in [3.05, 3.63) is 34.0 Å². The molecule has 0 radical (unpaired) electrons. The molecule has 0 aliphatic rings. The van der Waals surface area contributed by atoms with Gasteiger partial charge in [-0.15, -0.1) is 0 Å². The quantitative estimate of drug-likeness (QED) is 0.369. The van der Waals surface area contributed by atoms with Crippen molar-refractivity contribution in [2.45, 2.75) is 6.54 Å². The van der Waals surface area contributed by atoms with Gasteiger partial charge < -0.3 is 4.57 Å². The summed E-state index contributed by atoms with van der Waals surface area (Å²) in [5, 5.41) is 12.0. The fourth-order valence-corrected chi connectivity index (χ4v) is 0.944. The molecule has 0 N–H and O–H groups in total. The molecule has 5 nitrogen and oxygen atoms in total. The van der Waals surface area contributed by atoms with E-state index in [-0.39, 0.29) is 0 Å². The van der Waals surface area contributed by atoms with E-state index in [2.05, 4.69) is 10.0 Å². The highest BCUT2D eigenvalue weighted by Crippen LogP contribution is 2.06. The summed E-state index contributed by atoms with van der Waals surface area (Å²) < 4.78 is 1.70. The Labute approximate surface area is 69.5 Å². The molecule has 0 aliphatic heterocycles. The molecule has 0 saturated heterocycles. The van der Waals surface area contributed by atoms with Gasteiger partial charge in [-0.25, -0.2) is 0 Å². The lowest BCUT2D eigenvalue weighted by Gasteiger charge is -1.87. The number of hydrogen-bond donors (Lipinski definition) is 0. The fourth-order valence-electron chi connectivity index (χ4n) is 0.944. The Hall–Kier alpha value is -1.92. The second-order valence-corrected chi connectivity index (χ2v) is 2.35. The smallest absolute Gasteiger partial charge is 0.120 e. The van der Waals surface area contributed by atoms with E-state index in [1.54, 1.807) is 23.9 Å². The topological polar surface area (TPSA) is 77.5 Å². The number of rotatable bonds is 2. The van der Waals surface area contributed by atoms with Gasteiger partial charge in [0.25, 0.3) is 0 Å². The summed E-state index contributed by atoms with van der Waals surface area (Å²) in [7, 11) is 1.78. The van der Waals surface area contributed by atoms with Crippen LogP contribution < -0.4 is 0 Å². The molecule has 0 aromatic carbocycles. The zero-order valence-electron chi connectivity index (χ0n) is 6.60. The van der Waals surface area contributed by atoms with Crippen molar-refractivity contribution < 1.29 is 0 Å². The molecular formula is C7H7N5. The van der Waals surface area contributed by atoms with Gasteiger partial charge >= 0.3 is 0 Å². The molecule has 0 spiro atoms. The van der Waals surface area contributed by atoms with Gasteiger partial charge in [-0.3, -0.25) is 0 Å². The Morgan fingerprint density at radius 3 is 3.08 bits per heavy atom. The third kappa shape index (κ3) is 1.57. The van der Waals surface area contributed by atoms with Crippen LogP contribution in [0.2, 0.25) is 0 Å². The van der Waals surface area contributed by atoms with Crippen molar-refractivity contribution in [3.63, 3.8) is 0 Å². The third-order valence-corrected chi connectivity index (χ3v) is 1.49. The van der Waals surface area contributed by atoms with Crippen molar-refractivity contribution in [2.24, 2.45) is 12.2 Å². The lowest BCUT2D eigenvalue weighted by molar-refractivity contribution is 0.899. The van der Waals surface area contributed by atoms with Crippen molar-refractivity contribution in [3.8, 4) is 6.07 Å². The lowest BCUT2D eigenvalue weighted by atomic mass is 10.3. The summed E-state index contributed by atoms with van der Waals surface area (Å²) in [4.78, 5) is 2.63. The number of nitrogens with zero attached hydrogens (tertiary/aromatic N) is 5. The van der Waals surface area contributed by atoms with Gasteiger partial charge in [-0.1, -0.05) is 5.11 Å². The van der Waals surface area contributed by atoms with Crippen LogP contribution in [0.25, 0.3) is 10.4 Å². The van der Waals surface area contributed by atoms with Gasteiger partial charge in [-0.05, 0) is 17.2 Å². The Kier molecular flexibility index (Phi) is 2.36. The molecule has 0 saturated carbocycles. The lowest BCUT2D eigenvalue weighted by Crippen LogP contribution is -1.86. The Morgan fingerprint density at radius 2 is 2.58 bits per heavy atom. The molecule has 5 heteroatoms. The molecule has 0 atom stereocenters. The number of aryl methyl sites for hydroxylation is 1. The molecule has 60 valence electrons. The molecule has 0 bridgehead atoms. The van der Waals surface area contributed by atoms with Gasteiger partial charge in [0.05, 0.1) is 6.54 Å². The Balaban J connectivity index is 2.90. The predicted octanol–water partition coefficient (Wildman–Crippen LogP) is 1.71. The average molecular weight is 161 g/mol. The highest BCUT2D eigenvalue weighted by atomic mass is 15.1. The molecule has 1 rings (SSSR count). The molecule has 0 fully saturated rings. The van der Waals surface area contributed by atoms with Crippen molar-refractivity contribution in [2.75, 3.05) is 0 Å². The highest BCUT2D eigenvalue weighted by Gasteiger charge is 1.99. The van der Waals surface area contributed by atoms with E-state index < -0.39 is 0 Å². The first-order valence-corrected chi connectivity index (χ1v) is 3.34. The summed E-state index contributed by atoms with van der Waals surface area (Å²) in [6.45, 7) is 0.298. The first-order valence-electron chi connectivity index (χ1n) is 3.34. The van der Waals surface area contributed by atoms with E-state index in [9.17, 15) is 0 Å². The van der Waals surface area contributed by atoms with Gasteiger partial charge in [0.1, 0.15) is 11.8 Å². The van der Waals surface area contributed by atoms with Crippen LogP contribution >= 0.6 is 0 Å². The van der Waals surface area contributed by atoms with E-state index in [0.29, 0.717) is 12.2 Å². The fraction of sp³-hybridized carbons (Fsp3) is 0.286. The van der Waals surface area contributed by atoms with Crippen LogP contribution in [-0.2, 0) is 13.6 Å². The average Bonchev–Trinajstić information content (AvgIpc) is 2.43. The largest absolute Gasteiger partial charge is 0.342 e. The summed E-state index contributed by atoms with van der Waals surface area (Å²) in [5.41, 5.74) is 9.47. The molecule has 1 aromatic heterocycles. The normalized spacial score (nSPS) is 8.67. The predicted molar refractivity (Wildman–Crippen MR) is 43.0 cm³/mol. The van der Waals surface area contributed by atoms with E-state index in [4.69, 9.17) is 10.8 Å². The van der Waals surface area contributed by atoms with Crippen LogP contribution in [-0.4, -0.2) is 4.57 Å². The monoisotopic (exact) mass is 161 g/mol. The van der Waals surface area contributed by atoms with E-state index in [1.165, 1.54) is 0 Å². The van der Waals surface area contributed by atoms with Crippen LogP contribution in [0, 0.1) is 11.3 Å². The van der Waals surface area contributed by atoms with Crippen molar-refractivity contribution >= 4 is 0 Å². The maximum Gasteiger partial charge on any atom is 0.120 e. The van der Waals surface area contributed by atoms with Crippen LogP contribution in [0.5, 0.6) is 0 Å². The zero-order valence-corrected chi connectivity index (χ0v) is 6.60. The summed E-state index contributed by atoms with van der Waals surface area (Å²) >= 11 is 0. The Morgan fingerprint density at radius 1 is 1.83 bits per heavy atom. The van der Waals surface area contributed by atoms with E-state index in [0.717, 1.165) is 5.56 Å². The second kappa shape index (κ2) is 3.46. The maximum atomic E-state index is 8.58. The molecule has 0 amide bonds. The Bertz CT molecular complexity index is 364. The molecular weight excluding hydrogens is 154 g/mol. The van der Waals surface area contributed by atoms with E-state index >= 15 is 0 Å². The van der Waals surface area contributed by atoms with Gasteiger partial charge in [0.15, 0.2) is 0 Å².